The Morgan fingerprint density at radius 2 is 2.18 bits per heavy atom. The van der Waals surface area contributed by atoms with Gasteiger partial charge in [-0.3, -0.25) is 9.59 Å². The highest BCUT2D eigenvalue weighted by molar-refractivity contribution is 8.00. The summed E-state index contributed by atoms with van der Waals surface area (Å²) >= 11 is 2.72. The van der Waals surface area contributed by atoms with Crippen LogP contribution in [0, 0.1) is 0 Å². The van der Waals surface area contributed by atoms with Crippen LogP contribution < -0.4 is 5.73 Å². The van der Waals surface area contributed by atoms with Crippen molar-refractivity contribution < 1.29 is 19.5 Å². The van der Waals surface area contributed by atoms with E-state index in [1.165, 1.54) is 28.4 Å². The lowest BCUT2D eigenvalue weighted by molar-refractivity contribution is -0.147. The number of carbonyl (C=O) groups excluding carboxylic acids is 2. The first-order valence-electron chi connectivity index (χ1n) is 4.98. The Labute approximate surface area is 107 Å². The molecule has 0 aromatic heterocycles. The van der Waals surface area contributed by atoms with Gasteiger partial charge in [0, 0.05) is 17.9 Å². The van der Waals surface area contributed by atoms with Crippen LogP contribution in [0.1, 0.15) is 6.42 Å². The van der Waals surface area contributed by atoms with E-state index in [4.69, 9.17) is 10.8 Å². The van der Waals surface area contributed by atoms with E-state index in [1.54, 1.807) is 0 Å². The van der Waals surface area contributed by atoms with Crippen molar-refractivity contribution >= 4 is 41.3 Å². The molecular weight excluding hydrogens is 264 g/mol. The first kappa shape index (κ1) is 14.2. The predicted octanol–water partition coefficient (Wildman–Crippen LogP) is -0.419. The van der Waals surface area contributed by atoms with Crippen molar-refractivity contribution in [3.05, 3.63) is 0 Å². The molecule has 0 aromatic rings. The maximum Gasteiger partial charge on any atom is 0.327 e. The molecule has 1 aliphatic rings. The Kier molecular flexibility index (Phi) is 5.63. The summed E-state index contributed by atoms with van der Waals surface area (Å²) in [4.78, 5) is 34.4. The summed E-state index contributed by atoms with van der Waals surface area (Å²) in [7, 11) is 0. The van der Waals surface area contributed by atoms with Gasteiger partial charge in [0.2, 0.25) is 11.8 Å². The molecule has 1 fully saturated rings. The molecule has 1 aliphatic heterocycles. The van der Waals surface area contributed by atoms with Crippen LogP contribution in [0.5, 0.6) is 0 Å². The highest BCUT2D eigenvalue weighted by Gasteiger charge is 2.33. The van der Waals surface area contributed by atoms with Gasteiger partial charge in [0.15, 0.2) is 0 Å². The topological polar surface area (TPSA) is 101 Å². The number of amides is 2. The van der Waals surface area contributed by atoms with Gasteiger partial charge in [0.25, 0.3) is 0 Å². The Morgan fingerprint density at radius 3 is 2.76 bits per heavy atom. The zero-order chi connectivity index (χ0) is 12.8. The van der Waals surface area contributed by atoms with E-state index >= 15 is 0 Å². The summed E-state index contributed by atoms with van der Waals surface area (Å²) in [6.07, 6.45) is 0.238. The van der Waals surface area contributed by atoms with Crippen molar-refractivity contribution in [2.45, 2.75) is 12.5 Å². The fourth-order valence-corrected chi connectivity index (χ4v) is 3.21. The number of hydrogen-bond donors (Lipinski definition) is 2. The van der Waals surface area contributed by atoms with Crippen LogP contribution in [0.15, 0.2) is 0 Å². The number of hydrogen-bond acceptors (Lipinski definition) is 5. The number of primary amides is 1. The third-order valence-electron chi connectivity index (χ3n) is 2.19. The van der Waals surface area contributed by atoms with Crippen LogP contribution in [0.4, 0.5) is 0 Å². The zero-order valence-corrected chi connectivity index (χ0v) is 10.8. The number of nitrogens with zero attached hydrogens (tertiary/aromatic N) is 1. The fraction of sp³-hybridized carbons (Fsp3) is 0.667. The van der Waals surface area contributed by atoms with Crippen LogP contribution in [-0.4, -0.2) is 57.0 Å². The van der Waals surface area contributed by atoms with Crippen molar-refractivity contribution in [2.24, 2.45) is 5.73 Å². The summed E-state index contributed by atoms with van der Waals surface area (Å²) in [6.45, 7) is 0. The molecule has 0 spiro atoms. The smallest absolute Gasteiger partial charge is 0.327 e. The number of rotatable bonds is 6. The molecule has 0 radical (unpaired) electrons. The first-order chi connectivity index (χ1) is 8.02. The van der Waals surface area contributed by atoms with Gasteiger partial charge >= 0.3 is 5.97 Å². The molecule has 0 aromatic carbocycles. The maximum absolute atomic E-state index is 11.7. The van der Waals surface area contributed by atoms with Gasteiger partial charge in [-0.2, -0.15) is 11.8 Å². The first-order valence-corrected chi connectivity index (χ1v) is 7.29. The van der Waals surface area contributed by atoms with E-state index in [0.29, 0.717) is 17.4 Å². The average molecular weight is 278 g/mol. The van der Waals surface area contributed by atoms with Crippen LogP contribution in [0.3, 0.4) is 0 Å². The fourth-order valence-electron chi connectivity index (χ4n) is 1.37. The van der Waals surface area contributed by atoms with Crippen molar-refractivity contribution in [2.75, 3.05) is 23.1 Å². The molecule has 8 heteroatoms. The second-order valence-electron chi connectivity index (χ2n) is 3.49. The number of carbonyl (C=O) groups is 3. The molecule has 1 heterocycles. The lowest BCUT2D eigenvalue weighted by atomic mass is 10.3. The molecule has 3 N–H and O–H groups in total. The number of aliphatic carboxylic acids is 1. The SMILES string of the molecule is NC(=O)CSCCC(=O)N1CSC[C@H]1C(=O)O. The second-order valence-corrected chi connectivity index (χ2v) is 5.59. The summed E-state index contributed by atoms with van der Waals surface area (Å²) in [6, 6.07) is -0.714. The standard InChI is InChI=1S/C9H14N2O4S2/c10-7(12)4-16-2-1-8(13)11-5-17-3-6(11)9(14)15/h6H,1-5H2,(H2,10,12)(H,14,15)/t6-/m0/s1. The third kappa shape index (κ3) is 4.47. The highest BCUT2D eigenvalue weighted by Crippen LogP contribution is 2.22. The van der Waals surface area contributed by atoms with E-state index in [-0.39, 0.29) is 18.1 Å². The molecule has 96 valence electrons. The minimum absolute atomic E-state index is 0.181. The van der Waals surface area contributed by atoms with E-state index < -0.39 is 17.9 Å². The van der Waals surface area contributed by atoms with E-state index in [0.717, 1.165) is 0 Å². The van der Waals surface area contributed by atoms with Crippen LogP contribution in [0.25, 0.3) is 0 Å². The number of thioether (sulfide) groups is 2. The molecule has 0 unspecified atom stereocenters. The normalized spacial score (nSPS) is 19.3. The Hall–Kier alpha value is -0.890. The average Bonchev–Trinajstić information content (AvgIpc) is 2.72. The van der Waals surface area contributed by atoms with Crippen LogP contribution >= 0.6 is 23.5 Å². The summed E-state index contributed by atoms with van der Waals surface area (Å²) in [5, 5.41) is 8.90. The minimum atomic E-state index is -0.965. The van der Waals surface area contributed by atoms with Gasteiger partial charge in [-0.1, -0.05) is 0 Å². The molecule has 0 bridgehead atoms. The van der Waals surface area contributed by atoms with Gasteiger partial charge in [-0.15, -0.1) is 11.8 Å². The summed E-state index contributed by atoms with van der Waals surface area (Å²) in [5.74, 6) is -0.0269. The van der Waals surface area contributed by atoms with Gasteiger partial charge in [0.05, 0.1) is 11.6 Å². The second kappa shape index (κ2) is 6.75. The maximum atomic E-state index is 11.7. The Balaban J connectivity index is 2.32. The molecule has 1 saturated heterocycles. The van der Waals surface area contributed by atoms with Crippen molar-refractivity contribution in [3.63, 3.8) is 0 Å². The van der Waals surface area contributed by atoms with Crippen LogP contribution in [-0.2, 0) is 14.4 Å². The quantitative estimate of drug-likeness (QED) is 0.640. The molecule has 1 atom stereocenters. The van der Waals surface area contributed by atoms with Gasteiger partial charge in [0.1, 0.15) is 6.04 Å². The largest absolute Gasteiger partial charge is 0.480 e. The van der Waals surface area contributed by atoms with E-state index in [9.17, 15) is 14.4 Å². The third-order valence-corrected chi connectivity index (χ3v) is 4.19. The van der Waals surface area contributed by atoms with Gasteiger partial charge < -0.3 is 15.7 Å². The molecular formula is C9H14N2O4S2. The zero-order valence-electron chi connectivity index (χ0n) is 9.13. The summed E-state index contributed by atoms with van der Waals surface area (Å²) in [5.41, 5.74) is 4.96. The van der Waals surface area contributed by atoms with Crippen molar-refractivity contribution in [1.82, 2.24) is 4.90 Å². The number of carboxylic acids is 1. The number of nitrogens with two attached hydrogens (primary N) is 1. The van der Waals surface area contributed by atoms with Crippen molar-refractivity contribution in [1.29, 1.82) is 0 Å². The van der Waals surface area contributed by atoms with E-state index in [1.807, 2.05) is 0 Å². The number of carboxylic acid groups (broad SMARTS) is 1. The summed E-state index contributed by atoms with van der Waals surface area (Å²) < 4.78 is 0. The molecule has 17 heavy (non-hydrogen) atoms. The molecule has 0 aliphatic carbocycles. The molecule has 1 rings (SSSR count). The Morgan fingerprint density at radius 1 is 1.47 bits per heavy atom. The van der Waals surface area contributed by atoms with Gasteiger partial charge in [-0.05, 0) is 0 Å². The molecule has 6 nitrogen and oxygen atoms in total. The lowest BCUT2D eigenvalue weighted by Crippen LogP contribution is -2.41. The lowest BCUT2D eigenvalue weighted by Gasteiger charge is -2.20. The van der Waals surface area contributed by atoms with Crippen LogP contribution in [0.2, 0.25) is 0 Å². The van der Waals surface area contributed by atoms with Crippen molar-refractivity contribution in [3.8, 4) is 0 Å². The Bertz CT molecular complexity index is 324. The highest BCUT2D eigenvalue weighted by atomic mass is 32.2. The molecule has 2 amide bonds. The minimum Gasteiger partial charge on any atom is -0.480 e. The van der Waals surface area contributed by atoms with Gasteiger partial charge in [-0.25, -0.2) is 4.79 Å². The van der Waals surface area contributed by atoms with E-state index in [2.05, 4.69) is 0 Å². The molecule has 0 saturated carbocycles. The monoisotopic (exact) mass is 278 g/mol. The predicted molar refractivity (Wildman–Crippen MR) is 66.7 cm³/mol.